The van der Waals surface area contributed by atoms with Crippen LogP contribution in [0.3, 0.4) is 0 Å². The van der Waals surface area contributed by atoms with Crippen LogP contribution in [0.1, 0.15) is 32.0 Å². The van der Waals surface area contributed by atoms with Gasteiger partial charge < -0.3 is 15.1 Å². The van der Waals surface area contributed by atoms with Crippen LogP contribution in [0.4, 0.5) is 23.4 Å². The molecule has 2 aromatic carbocycles. The van der Waals surface area contributed by atoms with Gasteiger partial charge in [0.15, 0.2) is 11.5 Å². The van der Waals surface area contributed by atoms with Crippen molar-refractivity contribution in [1.29, 1.82) is 0 Å². The third kappa shape index (κ3) is 5.96. The van der Waals surface area contributed by atoms with Gasteiger partial charge in [0, 0.05) is 32.7 Å². The molecule has 2 heterocycles. The molecule has 1 fully saturated rings. The molecule has 0 aliphatic carbocycles. The normalized spacial score (nSPS) is 14.0. The number of piperazine rings is 1. The van der Waals surface area contributed by atoms with Gasteiger partial charge in [0.05, 0.1) is 11.1 Å². The van der Waals surface area contributed by atoms with Gasteiger partial charge in [-0.3, -0.25) is 9.59 Å². The molecule has 0 saturated carbocycles. The Balaban J connectivity index is 1.30. The summed E-state index contributed by atoms with van der Waals surface area (Å²) >= 11 is 0. The summed E-state index contributed by atoms with van der Waals surface area (Å²) in [4.78, 5) is 28.3. The molecular formula is C25H23F4N5O2. The number of hydrogen-bond donors (Lipinski definition) is 1. The van der Waals surface area contributed by atoms with Crippen LogP contribution in [0.25, 0.3) is 0 Å². The van der Waals surface area contributed by atoms with Crippen LogP contribution in [0.15, 0.2) is 60.7 Å². The van der Waals surface area contributed by atoms with E-state index in [9.17, 15) is 27.2 Å². The highest BCUT2D eigenvalue weighted by Crippen LogP contribution is 2.32. The number of halogens is 4. The first-order chi connectivity index (χ1) is 17.2. The van der Waals surface area contributed by atoms with E-state index in [-0.39, 0.29) is 30.2 Å². The Bertz CT molecular complexity index is 1230. The molecule has 36 heavy (non-hydrogen) atoms. The second-order valence-corrected chi connectivity index (χ2v) is 8.24. The van der Waals surface area contributed by atoms with Gasteiger partial charge in [-0.15, -0.1) is 10.2 Å². The first-order valence-electron chi connectivity index (χ1n) is 11.3. The molecule has 0 spiro atoms. The lowest BCUT2D eigenvalue weighted by molar-refractivity contribution is -0.138. The molecule has 1 saturated heterocycles. The third-order valence-corrected chi connectivity index (χ3v) is 5.83. The van der Waals surface area contributed by atoms with Crippen LogP contribution < -0.4 is 10.2 Å². The first-order valence-corrected chi connectivity index (χ1v) is 11.3. The molecule has 1 aromatic heterocycles. The second kappa shape index (κ2) is 10.7. The number of benzene rings is 2. The summed E-state index contributed by atoms with van der Waals surface area (Å²) in [6, 6.07) is 14.0. The maximum atomic E-state index is 13.3. The topological polar surface area (TPSA) is 78.4 Å². The zero-order valence-corrected chi connectivity index (χ0v) is 19.1. The average Bonchev–Trinajstić information content (AvgIpc) is 2.88. The van der Waals surface area contributed by atoms with E-state index in [1.165, 1.54) is 41.3 Å². The molecule has 3 aromatic rings. The maximum Gasteiger partial charge on any atom is 0.417 e. The Morgan fingerprint density at radius 2 is 1.67 bits per heavy atom. The third-order valence-electron chi connectivity index (χ3n) is 5.83. The summed E-state index contributed by atoms with van der Waals surface area (Å²) in [6.07, 6.45) is -4.15. The van der Waals surface area contributed by atoms with Crippen LogP contribution in [-0.2, 0) is 12.6 Å². The molecular weight excluding hydrogens is 478 g/mol. The van der Waals surface area contributed by atoms with Gasteiger partial charge in [0.25, 0.3) is 11.8 Å². The quantitative estimate of drug-likeness (QED) is 0.523. The fourth-order valence-corrected chi connectivity index (χ4v) is 3.94. The highest BCUT2D eigenvalue weighted by atomic mass is 19.4. The molecule has 7 nitrogen and oxygen atoms in total. The largest absolute Gasteiger partial charge is 0.417 e. The number of aromatic nitrogens is 2. The highest BCUT2D eigenvalue weighted by Gasteiger charge is 2.36. The Kier molecular flexibility index (Phi) is 7.47. The molecule has 2 amide bonds. The molecule has 11 heteroatoms. The Morgan fingerprint density at radius 1 is 0.917 bits per heavy atom. The zero-order valence-electron chi connectivity index (χ0n) is 19.1. The first kappa shape index (κ1) is 25.1. The van der Waals surface area contributed by atoms with Gasteiger partial charge in [0.1, 0.15) is 5.82 Å². The number of hydrogen-bond acceptors (Lipinski definition) is 5. The van der Waals surface area contributed by atoms with Gasteiger partial charge in [-0.05, 0) is 48.4 Å². The van der Waals surface area contributed by atoms with E-state index >= 15 is 0 Å². The highest BCUT2D eigenvalue weighted by molar-refractivity contribution is 5.96. The summed E-state index contributed by atoms with van der Waals surface area (Å²) < 4.78 is 53.1. The van der Waals surface area contributed by atoms with Gasteiger partial charge in [-0.25, -0.2) is 4.39 Å². The molecule has 0 radical (unpaired) electrons. The van der Waals surface area contributed by atoms with Crippen molar-refractivity contribution in [2.45, 2.75) is 12.6 Å². The zero-order chi connectivity index (χ0) is 25.7. The maximum absolute atomic E-state index is 13.3. The van der Waals surface area contributed by atoms with Crippen LogP contribution in [0.5, 0.6) is 0 Å². The smallest absolute Gasteiger partial charge is 0.352 e. The van der Waals surface area contributed by atoms with E-state index in [4.69, 9.17) is 0 Å². The minimum Gasteiger partial charge on any atom is -0.352 e. The lowest BCUT2D eigenvalue weighted by Crippen LogP contribution is -2.49. The predicted octanol–water partition coefficient (Wildman–Crippen LogP) is 3.57. The molecule has 1 N–H and O–H groups in total. The number of carbonyl (C=O) groups excluding carboxylic acids is 2. The van der Waals surface area contributed by atoms with Crippen molar-refractivity contribution < 1.29 is 27.2 Å². The summed E-state index contributed by atoms with van der Waals surface area (Å²) in [7, 11) is 0. The van der Waals surface area contributed by atoms with Crippen molar-refractivity contribution in [3.8, 4) is 0 Å². The van der Waals surface area contributed by atoms with Crippen molar-refractivity contribution in [1.82, 2.24) is 20.4 Å². The average molecular weight is 501 g/mol. The standard InChI is InChI=1S/C25H23F4N5O2/c26-18-5-3-4-17(16-18)10-11-30-23(35)21-8-9-22(32-31-21)33-12-14-34(15-13-33)24(36)19-6-1-2-7-20(19)25(27,28)29/h1-9,16H,10-15H2,(H,30,35). The minimum atomic E-state index is -4.61. The number of rotatable bonds is 6. The number of anilines is 1. The number of nitrogens with zero attached hydrogens (tertiary/aromatic N) is 4. The number of amides is 2. The molecule has 188 valence electrons. The summed E-state index contributed by atoms with van der Waals surface area (Å²) in [5.74, 6) is -0.922. The van der Waals surface area contributed by atoms with Gasteiger partial charge >= 0.3 is 6.18 Å². The molecule has 1 aliphatic rings. The van der Waals surface area contributed by atoms with Crippen molar-refractivity contribution in [3.05, 3.63) is 88.9 Å². The fourth-order valence-electron chi connectivity index (χ4n) is 3.94. The van der Waals surface area contributed by atoms with Crippen molar-refractivity contribution in [3.63, 3.8) is 0 Å². The molecule has 0 atom stereocenters. The summed E-state index contributed by atoms with van der Waals surface area (Å²) in [5.41, 5.74) is -0.439. The monoisotopic (exact) mass is 501 g/mol. The molecule has 1 aliphatic heterocycles. The van der Waals surface area contributed by atoms with Crippen molar-refractivity contribution in [2.24, 2.45) is 0 Å². The Morgan fingerprint density at radius 3 is 2.33 bits per heavy atom. The van der Waals surface area contributed by atoms with Crippen molar-refractivity contribution in [2.75, 3.05) is 37.6 Å². The van der Waals surface area contributed by atoms with E-state index in [2.05, 4.69) is 15.5 Å². The second-order valence-electron chi connectivity index (χ2n) is 8.24. The van der Waals surface area contributed by atoms with Crippen LogP contribution >= 0.6 is 0 Å². The van der Waals surface area contributed by atoms with E-state index in [1.807, 2.05) is 4.90 Å². The van der Waals surface area contributed by atoms with Crippen molar-refractivity contribution >= 4 is 17.6 Å². The van der Waals surface area contributed by atoms with E-state index in [0.29, 0.717) is 31.9 Å². The molecule has 0 bridgehead atoms. The predicted molar refractivity (Wildman–Crippen MR) is 124 cm³/mol. The Labute approximate surface area is 204 Å². The van der Waals surface area contributed by atoms with E-state index < -0.39 is 23.6 Å². The lowest BCUT2D eigenvalue weighted by Gasteiger charge is -2.35. The van der Waals surface area contributed by atoms with Gasteiger partial charge in [-0.2, -0.15) is 13.2 Å². The SMILES string of the molecule is O=C(NCCc1cccc(F)c1)c1ccc(N2CCN(C(=O)c3ccccc3C(F)(F)F)CC2)nn1. The molecule has 0 unspecified atom stereocenters. The fraction of sp³-hybridized carbons (Fsp3) is 0.280. The van der Waals surface area contributed by atoms with Crippen LogP contribution in [0.2, 0.25) is 0 Å². The van der Waals surface area contributed by atoms with E-state index in [0.717, 1.165) is 11.6 Å². The summed E-state index contributed by atoms with van der Waals surface area (Å²) in [6.45, 7) is 1.45. The number of carbonyl (C=O) groups is 2. The van der Waals surface area contributed by atoms with Crippen LogP contribution in [-0.4, -0.2) is 59.6 Å². The van der Waals surface area contributed by atoms with Gasteiger partial charge in [-0.1, -0.05) is 24.3 Å². The van der Waals surface area contributed by atoms with Gasteiger partial charge in [0.2, 0.25) is 0 Å². The van der Waals surface area contributed by atoms with Crippen LogP contribution in [0, 0.1) is 5.82 Å². The Hall–Kier alpha value is -4.02. The molecule has 4 rings (SSSR count). The number of nitrogens with one attached hydrogen (secondary N) is 1. The lowest BCUT2D eigenvalue weighted by atomic mass is 10.1. The van der Waals surface area contributed by atoms with E-state index in [1.54, 1.807) is 18.2 Å². The number of alkyl halides is 3. The summed E-state index contributed by atoms with van der Waals surface area (Å²) in [5, 5.41) is 10.8. The minimum absolute atomic E-state index is 0.121.